The lowest BCUT2D eigenvalue weighted by Crippen LogP contribution is -2.35. The molecule has 6 heteroatoms. The predicted octanol–water partition coefficient (Wildman–Crippen LogP) is 2.81. The number of carbonyl (C=O) groups excluding carboxylic acids is 1. The van der Waals surface area contributed by atoms with Crippen LogP contribution in [0.25, 0.3) is 0 Å². The third-order valence-corrected chi connectivity index (χ3v) is 3.29. The standard InChI is InChI=1S/C14H13F3N2O/c15-14(16,17)11-4-2-1-3-10(11)5-6-12(20)19-13(9-18)7-8-13/h1-4H,5-8H2,(H,19,20). The van der Waals surface area contributed by atoms with E-state index in [2.05, 4.69) is 5.32 Å². The second kappa shape index (κ2) is 5.16. The fourth-order valence-corrected chi connectivity index (χ4v) is 1.98. The molecule has 0 atom stereocenters. The summed E-state index contributed by atoms with van der Waals surface area (Å²) >= 11 is 0. The van der Waals surface area contributed by atoms with Gasteiger partial charge in [-0.25, -0.2) is 0 Å². The second-order valence-electron chi connectivity index (χ2n) is 4.90. The zero-order valence-corrected chi connectivity index (χ0v) is 10.6. The van der Waals surface area contributed by atoms with Gasteiger partial charge >= 0.3 is 6.18 Å². The molecule has 1 aliphatic carbocycles. The minimum atomic E-state index is -4.42. The fourth-order valence-electron chi connectivity index (χ4n) is 1.98. The van der Waals surface area contributed by atoms with E-state index in [1.165, 1.54) is 18.2 Å². The average molecular weight is 282 g/mol. The van der Waals surface area contributed by atoms with Crippen molar-refractivity contribution in [3.63, 3.8) is 0 Å². The van der Waals surface area contributed by atoms with Crippen molar-refractivity contribution in [1.82, 2.24) is 5.32 Å². The first kappa shape index (κ1) is 14.4. The van der Waals surface area contributed by atoms with Gasteiger partial charge < -0.3 is 5.32 Å². The Hall–Kier alpha value is -2.03. The monoisotopic (exact) mass is 282 g/mol. The number of amides is 1. The van der Waals surface area contributed by atoms with Crippen LogP contribution in [-0.2, 0) is 17.4 Å². The van der Waals surface area contributed by atoms with E-state index in [9.17, 15) is 18.0 Å². The average Bonchev–Trinajstić information content (AvgIpc) is 3.16. The summed E-state index contributed by atoms with van der Waals surface area (Å²) in [7, 11) is 0. The molecule has 20 heavy (non-hydrogen) atoms. The number of nitrogens with zero attached hydrogens (tertiary/aromatic N) is 1. The van der Waals surface area contributed by atoms with E-state index >= 15 is 0 Å². The highest BCUT2D eigenvalue weighted by molar-refractivity contribution is 5.78. The van der Waals surface area contributed by atoms with Gasteiger partial charge in [0.05, 0.1) is 11.6 Å². The van der Waals surface area contributed by atoms with Gasteiger partial charge in [-0.1, -0.05) is 18.2 Å². The topological polar surface area (TPSA) is 52.9 Å². The third kappa shape index (κ3) is 3.29. The molecule has 0 saturated heterocycles. The van der Waals surface area contributed by atoms with Gasteiger partial charge in [0, 0.05) is 6.42 Å². The minimum Gasteiger partial charge on any atom is -0.338 e. The Kier molecular flexibility index (Phi) is 3.71. The third-order valence-electron chi connectivity index (χ3n) is 3.29. The van der Waals surface area contributed by atoms with Crippen LogP contribution in [0.3, 0.4) is 0 Å². The van der Waals surface area contributed by atoms with Gasteiger partial charge in [0.25, 0.3) is 0 Å². The minimum absolute atomic E-state index is 0.00300. The number of carbonyl (C=O) groups is 1. The molecule has 0 bridgehead atoms. The van der Waals surface area contributed by atoms with E-state index in [4.69, 9.17) is 5.26 Å². The van der Waals surface area contributed by atoms with Gasteiger partial charge in [-0.2, -0.15) is 18.4 Å². The summed E-state index contributed by atoms with van der Waals surface area (Å²) < 4.78 is 38.3. The number of alkyl halides is 3. The molecule has 3 nitrogen and oxygen atoms in total. The van der Waals surface area contributed by atoms with Gasteiger partial charge in [0.2, 0.25) is 5.91 Å². The number of halogens is 3. The Morgan fingerprint density at radius 1 is 1.35 bits per heavy atom. The fraction of sp³-hybridized carbons (Fsp3) is 0.429. The van der Waals surface area contributed by atoms with Crippen molar-refractivity contribution in [1.29, 1.82) is 5.26 Å². The number of rotatable bonds is 4. The van der Waals surface area contributed by atoms with Crippen molar-refractivity contribution in [2.24, 2.45) is 0 Å². The summed E-state index contributed by atoms with van der Waals surface area (Å²) in [6, 6.07) is 7.21. The normalized spacial score (nSPS) is 16.3. The van der Waals surface area contributed by atoms with Crippen LogP contribution in [-0.4, -0.2) is 11.4 Å². The van der Waals surface area contributed by atoms with Crippen LogP contribution in [0.5, 0.6) is 0 Å². The maximum Gasteiger partial charge on any atom is 0.416 e. The van der Waals surface area contributed by atoms with E-state index < -0.39 is 17.3 Å². The molecule has 0 heterocycles. The van der Waals surface area contributed by atoms with Crippen molar-refractivity contribution in [2.45, 2.75) is 37.4 Å². The van der Waals surface area contributed by atoms with Crippen LogP contribution in [0.2, 0.25) is 0 Å². The number of aryl methyl sites for hydroxylation is 1. The number of nitriles is 1. The van der Waals surface area contributed by atoms with Gasteiger partial charge in [-0.15, -0.1) is 0 Å². The Balaban J connectivity index is 1.98. The van der Waals surface area contributed by atoms with E-state index in [0.29, 0.717) is 12.8 Å². The molecule has 1 saturated carbocycles. The largest absolute Gasteiger partial charge is 0.416 e. The lowest BCUT2D eigenvalue weighted by molar-refractivity contribution is -0.138. The SMILES string of the molecule is N#CC1(NC(=O)CCc2ccccc2C(F)(F)F)CC1. The van der Waals surface area contributed by atoms with Crippen LogP contribution >= 0.6 is 0 Å². The number of hydrogen-bond donors (Lipinski definition) is 1. The molecule has 1 fully saturated rings. The Morgan fingerprint density at radius 2 is 2.00 bits per heavy atom. The summed E-state index contributed by atoms with van der Waals surface area (Å²) in [6.07, 6.45) is -3.26. The maximum absolute atomic E-state index is 12.8. The smallest absolute Gasteiger partial charge is 0.338 e. The van der Waals surface area contributed by atoms with Crippen LogP contribution in [0, 0.1) is 11.3 Å². The highest BCUT2D eigenvalue weighted by Gasteiger charge is 2.44. The molecule has 1 aromatic rings. The van der Waals surface area contributed by atoms with Gasteiger partial charge in [-0.3, -0.25) is 4.79 Å². The number of benzene rings is 1. The zero-order valence-electron chi connectivity index (χ0n) is 10.6. The molecule has 1 amide bonds. The lowest BCUT2D eigenvalue weighted by atomic mass is 10.0. The quantitative estimate of drug-likeness (QED) is 0.923. The van der Waals surface area contributed by atoms with Crippen molar-refractivity contribution in [3.05, 3.63) is 35.4 Å². The summed E-state index contributed by atoms with van der Waals surface area (Å²) in [4.78, 5) is 11.6. The molecule has 2 rings (SSSR count). The van der Waals surface area contributed by atoms with Gasteiger partial charge in [0.1, 0.15) is 5.54 Å². The molecule has 0 unspecified atom stereocenters. The van der Waals surface area contributed by atoms with E-state index in [1.807, 2.05) is 6.07 Å². The number of nitrogens with one attached hydrogen (secondary N) is 1. The molecule has 0 aliphatic heterocycles. The summed E-state index contributed by atoms with van der Waals surface area (Å²) in [5, 5.41) is 11.4. The molecule has 106 valence electrons. The Labute approximate surface area is 114 Å². The molecular weight excluding hydrogens is 269 g/mol. The first-order valence-corrected chi connectivity index (χ1v) is 6.24. The van der Waals surface area contributed by atoms with Crippen molar-refractivity contribution in [2.75, 3.05) is 0 Å². The van der Waals surface area contributed by atoms with Crippen molar-refractivity contribution < 1.29 is 18.0 Å². The van der Waals surface area contributed by atoms with E-state index in [1.54, 1.807) is 0 Å². The maximum atomic E-state index is 12.8. The molecule has 0 spiro atoms. The molecule has 0 aromatic heterocycles. The highest BCUT2D eigenvalue weighted by Crippen LogP contribution is 2.35. The molecular formula is C14H13F3N2O. The second-order valence-corrected chi connectivity index (χ2v) is 4.90. The van der Waals surface area contributed by atoms with Crippen LogP contribution in [0.15, 0.2) is 24.3 Å². The van der Waals surface area contributed by atoms with Gasteiger partial charge in [0.15, 0.2) is 0 Å². The van der Waals surface area contributed by atoms with Crippen molar-refractivity contribution in [3.8, 4) is 6.07 Å². The van der Waals surface area contributed by atoms with Crippen LogP contribution < -0.4 is 5.32 Å². The highest BCUT2D eigenvalue weighted by atomic mass is 19.4. The number of hydrogen-bond acceptors (Lipinski definition) is 2. The summed E-state index contributed by atoms with van der Waals surface area (Å²) in [5.41, 5.74) is -1.40. The lowest BCUT2D eigenvalue weighted by Gasteiger charge is -2.13. The zero-order chi connectivity index (χ0) is 14.8. The first-order chi connectivity index (χ1) is 9.36. The van der Waals surface area contributed by atoms with Gasteiger partial charge in [-0.05, 0) is 30.9 Å². The van der Waals surface area contributed by atoms with Crippen LogP contribution in [0.1, 0.15) is 30.4 Å². The van der Waals surface area contributed by atoms with Crippen molar-refractivity contribution >= 4 is 5.91 Å². The molecule has 0 radical (unpaired) electrons. The molecule has 1 N–H and O–H groups in total. The van der Waals surface area contributed by atoms with Crippen LogP contribution in [0.4, 0.5) is 13.2 Å². The van der Waals surface area contributed by atoms with E-state index in [0.717, 1.165) is 6.07 Å². The Bertz CT molecular complexity index is 556. The summed E-state index contributed by atoms with van der Waals surface area (Å²) in [5.74, 6) is -0.388. The van der Waals surface area contributed by atoms with E-state index in [-0.39, 0.29) is 24.3 Å². The first-order valence-electron chi connectivity index (χ1n) is 6.24. The molecule has 1 aromatic carbocycles. The summed E-state index contributed by atoms with van der Waals surface area (Å²) in [6.45, 7) is 0. The predicted molar refractivity (Wildman–Crippen MR) is 65.5 cm³/mol. The Morgan fingerprint density at radius 3 is 2.55 bits per heavy atom. The molecule has 1 aliphatic rings.